The monoisotopic (exact) mass is 501 g/mol. The highest BCUT2D eigenvalue weighted by atomic mass is 32.2. The van der Waals surface area contributed by atoms with Crippen LogP contribution in [0.1, 0.15) is 58.1 Å². The van der Waals surface area contributed by atoms with Crippen molar-refractivity contribution >= 4 is 21.8 Å². The number of carbonyl (C=O) groups is 2. The Bertz CT molecular complexity index is 1090. The summed E-state index contributed by atoms with van der Waals surface area (Å²) in [5, 5.41) is 2.99. The molecule has 0 saturated heterocycles. The summed E-state index contributed by atoms with van der Waals surface area (Å²) < 4.78 is 26.8. The van der Waals surface area contributed by atoms with Crippen molar-refractivity contribution in [3.63, 3.8) is 0 Å². The van der Waals surface area contributed by atoms with Gasteiger partial charge < -0.3 is 10.2 Å². The number of carbonyl (C=O) groups excluding carboxylic acids is 2. The topological polar surface area (TPSA) is 86.8 Å². The first-order valence-corrected chi connectivity index (χ1v) is 13.5. The van der Waals surface area contributed by atoms with Gasteiger partial charge >= 0.3 is 0 Å². The van der Waals surface area contributed by atoms with E-state index in [9.17, 15) is 18.0 Å². The van der Waals surface area contributed by atoms with Crippen molar-refractivity contribution in [2.45, 2.75) is 76.9 Å². The predicted octanol–water partition coefficient (Wildman–Crippen LogP) is 4.12. The van der Waals surface area contributed by atoms with Crippen LogP contribution in [-0.2, 0) is 26.2 Å². The van der Waals surface area contributed by atoms with Crippen molar-refractivity contribution in [1.82, 2.24) is 14.5 Å². The molecule has 8 heteroatoms. The van der Waals surface area contributed by atoms with Gasteiger partial charge in [0.15, 0.2) is 0 Å². The fourth-order valence-electron chi connectivity index (χ4n) is 3.87. The minimum absolute atomic E-state index is 0.139. The molecule has 0 saturated carbocycles. The minimum Gasteiger partial charge on any atom is -0.350 e. The Morgan fingerprint density at radius 3 is 2.26 bits per heavy atom. The molecule has 0 aliphatic rings. The number of nitrogens with one attached hydrogen (secondary N) is 1. The van der Waals surface area contributed by atoms with E-state index in [-0.39, 0.29) is 29.7 Å². The Labute approximate surface area is 210 Å². The Kier molecular flexibility index (Phi) is 10.0. The fraction of sp³-hybridized carbons (Fsp3) is 0.481. The molecule has 0 aromatic heterocycles. The number of sulfonamides is 1. The molecule has 0 radical (unpaired) electrons. The molecule has 1 N–H and O–H groups in total. The summed E-state index contributed by atoms with van der Waals surface area (Å²) in [4.78, 5) is 28.3. The van der Waals surface area contributed by atoms with E-state index in [0.717, 1.165) is 11.1 Å². The second-order valence-corrected chi connectivity index (χ2v) is 12.0. The third-order valence-electron chi connectivity index (χ3n) is 5.63. The van der Waals surface area contributed by atoms with Crippen LogP contribution in [0.2, 0.25) is 0 Å². The van der Waals surface area contributed by atoms with Crippen molar-refractivity contribution in [2.75, 3.05) is 13.6 Å². The number of hydrogen-bond acceptors (Lipinski definition) is 4. The maximum absolute atomic E-state index is 13.4. The normalized spacial score (nSPS) is 12.9. The molecule has 2 amide bonds. The van der Waals surface area contributed by atoms with Crippen molar-refractivity contribution in [1.29, 1.82) is 0 Å². The van der Waals surface area contributed by atoms with Gasteiger partial charge in [-0.2, -0.15) is 0 Å². The third kappa shape index (κ3) is 8.47. The Hall–Kier alpha value is -2.71. The van der Waals surface area contributed by atoms with Crippen LogP contribution >= 0.6 is 0 Å². The number of aryl methyl sites for hydroxylation is 1. The number of rotatable bonds is 11. The molecule has 0 aliphatic heterocycles. The third-order valence-corrected chi connectivity index (χ3v) is 7.51. The standard InChI is InChI=1S/C27H39N3O4S/c1-7-24(26(32)28-27(3,4)5)30(20-22-14-11-13-21(2)19-22)25(31)17-12-18-29(6)35(33,34)23-15-9-8-10-16-23/h8-11,13-16,19,24H,7,12,17-18,20H2,1-6H3,(H,28,32)/t24-/m1/s1. The summed E-state index contributed by atoms with van der Waals surface area (Å²) in [5.74, 6) is -0.363. The zero-order valence-electron chi connectivity index (χ0n) is 21.7. The Morgan fingerprint density at radius 1 is 1.03 bits per heavy atom. The summed E-state index contributed by atoms with van der Waals surface area (Å²) in [7, 11) is -2.10. The van der Waals surface area contributed by atoms with E-state index in [0.29, 0.717) is 19.4 Å². The molecule has 0 unspecified atom stereocenters. The van der Waals surface area contributed by atoms with Crippen LogP contribution in [0.3, 0.4) is 0 Å². The van der Waals surface area contributed by atoms with E-state index >= 15 is 0 Å². The van der Waals surface area contributed by atoms with Gasteiger partial charge in [0.25, 0.3) is 0 Å². The highest BCUT2D eigenvalue weighted by molar-refractivity contribution is 7.89. The van der Waals surface area contributed by atoms with Crippen molar-refractivity contribution in [3.05, 3.63) is 65.7 Å². The van der Waals surface area contributed by atoms with Crippen molar-refractivity contribution in [2.24, 2.45) is 0 Å². The summed E-state index contributed by atoms with van der Waals surface area (Å²) in [6.07, 6.45) is 0.963. The van der Waals surface area contributed by atoms with E-state index in [1.54, 1.807) is 35.2 Å². The van der Waals surface area contributed by atoms with Gasteiger partial charge in [0.2, 0.25) is 21.8 Å². The molecular formula is C27H39N3O4S. The van der Waals surface area contributed by atoms with Gasteiger partial charge in [-0.3, -0.25) is 9.59 Å². The molecule has 2 rings (SSSR count). The average Bonchev–Trinajstić information content (AvgIpc) is 2.78. The van der Waals surface area contributed by atoms with Gasteiger partial charge in [0.05, 0.1) is 4.90 Å². The molecule has 2 aromatic rings. The van der Waals surface area contributed by atoms with Crippen molar-refractivity contribution in [3.8, 4) is 0 Å². The number of hydrogen-bond donors (Lipinski definition) is 1. The van der Waals surface area contributed by atoms with Gasteiger partial charge in [-0.25, -0.2) is 12.7 Å². The largest absolute Gasteiger partial charge is 0.350 e. The summed E-state index contributed by atoms with van der Waals surface area (Å²) >= 11 is 0. The minimum atomic E-state index is -3.62. The molecule has 0 aliphatic carbocycles. The van der Waals surface area contributed by atoms with Gasteiger partial charge in [0, 0.05) is 32.1 Å². The van der Waals surface area contributed by atoms with Gasteiger partial charge in [0.1, 0.15) is 6.04 Å². The summed E-state index contributed by atoms with van der Waals surface area (Å²) in [6, 6.07) is 15.5. The first kappa shape index (κ1) is 28.5. The average molecular weight is 502 g/mol. The van der Waals surface area contributed by atoms with Gasteiger partial charge in [-0.05, 0) is 58.2 Å². The van der Waals surface area contributed by atoms with Crippen molar-refractivity contribution < 1.29 is 18.0 Å². The number of amides is 2. The predicted molar refractivity (Wildman–Crippen MR) is 139 cm³/mol. The lowest BCUT2D eigenvalue weighted by atomic mass is 10.0. The van der Waals surface area contributed by atoms with Crippen LogP contribution in [-0.4, -0.2) is 54.6 Å². The van der Waals surface area contributed by atoms with E-state index in [4.69, 9.17) is 0 Å². The highest BCUT2D eigenvalue weighted by Crippen LogP contribution is 2.18. The lowest BCUT2D eigenvalue weighted by Gasteiger charge is -2.33. The smallest absolute Gasteiger partial charge is 0.243 e. The Morgan fingerprint density at radius 2 is 1.69 bits per heavy atom. The van der Waals surface area contributed by atoms with E-state index in [1.165, 1.54) is 11.4 Å². The fourth-order valence-corrected chi connectivity index (χ4v) is 5.10. The molecule has 0 bridgehead atoms. The molecule has 35 heavy (non-hydrogen) atoms. The van der Waals surface area contributed by atoms with E-state index < -0.39 is 21.6 Å². The van der Waals surface area contributed by atoms with Crippen LogP contribution in [0.5, 0.6) is 0 Å². The lowest BCUT2D eigenvalue weighted by molar-refractivity contribution is -0.142. The molecule has 0 fully saturated rings. The van der Waals surface area contributed by atoms with E-state index in [1.807, 2.05) is 58.9 Å². The quantitative estimate of drug-likeness (QED) is 0.502. The molecule has 0 heterocycles. The molecule has 0 spiro atoms. The first-order chi connectivity index (χ1) is 16.3. The van der Waals surface area contributed by atoms with E-state index in [2.05, 4.69) is 5.32 Å². The SMILES string of the molecule is CC[C@H](C(=O)NC(C)(C)C)N(Cc1cccc(C)c1)C(=O)CCCN(C)S(=O)(=O)c1ccccc1. The van der Waals surface area contributed by atoms with Crippen LogP contribution in [0.25, 0.3) is 0 Å². The molecular weight excluding hydrogens is 462 g/mol. The molecule has 2 aromatic carbocycles. The van der Waals surface area contributed by atoms with Gasteiger partial charge in [-0.1, -0.05) is 55.0 Å². The first-order valence-electron chi connectivity index (χ1n) is 12.0. The second kappa shape index (κ2) is 12.3. The molecule has 1 atom stereocenters. The maximum Gasteiger partial charge on any atom is 0.243 e. The maximum atomic E-state index is 13.4. The van der Waals surface area contributed by atoms with Crippen LogP contribution in [0.15, 0.2) is 59.5 Å². The number of nitrogens with zero attached hydrogens (tertiary/aromatic N) is 2. The number of benzene rings is 2. The summed E-state index contributed by atoms with van der Waals surface area (Å²) in [6.45, 7) is 10.1. The zero-order valence-corrected chi connectivity index (χ0v) is 22.6. The highest BCUT2D eigenvalue weighted by Gasteiger charge is 2.30. The van der Waals surface area contributed by atoms with Crippen LogP contribution < -0.4 is 5.32 Å². The zero-order chi connectivity index (χ0) is 26.2. The van der Waals surface area contributed by atoms with Crippen LogP contribution in [0.4, 0.5) is 0 Å². The second-order valence-electron chi connectivity index (χ2n) is 9.92. The molecule has 7 nitrogen and oxygen atoms in total. The lowest BCUT2D eigenvalue weighted by Crippen LogP contribution is -2.53. The summed E-state index contributed by atoms with van der Waals surface area (Å²) in [5.41, 5.74) is 1.61. The Balaban J connectivity index is 2.16. The van der Waals surface area contributed by atoms with Crippen LogP contribution in [0, 0.1) is 6.92 Å². The van der Waals surface area contributed by atoms with Gasteiger partial charge in [-0.15, -0.1) is 0 Å². The molecule has 192 valence electrons.